The molecule has 62 valence electrons. The summed E-state index contributed by atoms with van der Waals surface area (Å²) in [6, 6.07) is 2.22. The zero-order valence-electron chi connectivity index (χ0n) is 7.51. The maximum Gasteiger partial charge on any atom is 0.0842 e. The number of rotatable bonds is 0. The number of pyridine rings is 1. The van der Waals surface area contributed by atoms with Crippen LogP contribution in [0.2, 0.25) is 0 Å². The van der Waals surface area contributed by atoms with Gasteiger partial charge in [-0.2, -0.15) is 0 Å². The summed E-state index contributed by atoms with van der Waals surface area (Å²) in [5, 5.41) is 2.16. The van der Waals surface area contributed by atoms with Gasteiger partial charge >= 0.3 is 0 Å². The fraction of sp³-hybridized carbons (Fsp3) is 0.300. The number of aromatic nitrogens is 1. The molecule has 0 atom stereocenters. The van der Waals surface area contributed by atoms with Crippen LogP contribution in [0.3, 0.4) is 0 Å². The maximum absolute atomic E-state index is 4.55. The van der Waals surface area contributed by atoms with E-state index in [9.17, 15) is 0 Å². The van der Waals surface area contributed by atoms with Gasteiger partial charge in [0.05, 0.1) is 10.2 Å². The molecule has 0 aliphatic carbocycles. The van der Waals surface area contributed by atoms with Gasteiger partial charge in [-0.25, -0.2) is 0 Å². The molecule has 2 heteroatoms. The average Bonchev–Trinajstić information content (AvgIpc) is 2.35. The lowest BCUT2D eigenvalue weighted by Crippen LogP contribution is -1.86. The predicted molar refractivity (Wildman–Crippen MR) is 53.8 cm³/mol. The summed E-state index contributed by atoms with van der Waals surface area (Å²) in [5.74, 6) is 0. The molecule has 0 fully saturated rings. The Morgan fingerprint density at radius 1 is 1.17 bits per heavy atom. The third kappa shape index (κ3) is 1.03. The second-order valence-electron chi connectivity index (χ2n) is 3.16. The number of hydrogen-bond donors (Lipinski definition) is 0. The molecule has 1 nitrogen and oxygen atoms in total. The van der Waals surface area contributed by atoms with Gasteiger partial charge < -0.3 is 0 Å². The zero-order chi connectivity index (χ0) is 8.72. The second kappa shape index (κ2) is 2.56. The Morgan fingerprint density at radius 3 is 2.67 bits per heavy atom. The minimum absolute atomic E-state index is 1.14. The van der Waals surface area contributed by atoms with Crippen LogP contribution in [0.15, 0.2) is 11.4 Å². The summed E-state index contributed by atoms with van der Waals surface area (Å²) in [4.78, 5) is 4.55. The number of hydrogen-bond acceptors (Lipinski definition) is 2. The highest BCUT2D eigenvalue weighted by Gasteiger charge is 2.03. The average molecular weight is 177 g/mol. The molecule has 2 rings (SSSR count). The van der Waals surface area contributed by atoms with Crippen molar-refractivity contribution in [2.24, 2.45) is 0 Å². The highest BCUT2D eigenvalue weighted by atomic mass is 32.1. The predicted octanol–water partition coefficient (Wildman–Crippen LogP) is 3.22. The van der Waals surface area contributed by atoms with E-state index < -0.39 is 0 Å². The van der Waals surface area contributed by atoms with Crippen LogP contribution in [0, 0.1) is 20.8 Å². The van der Waals surface area contributed by atoms with E-state index in [-0.39, 0.29) is 0 Å². The van der Waals surface area contributed by atoms with Crippen molar-refractivity contribution in [3.05, 3.63) is 28.3 Å². The molecule has 0 spiro atoms. The molecule has 0 aliphatic heterocycles. The molecule has 0 amide bonds. The molecule has 0 aliphatic rings. The molecule has 0 N–H and O–H groups in total. The second-order valence-corrected chi connectivity index (χ2v) is 4.07. The lowest BCUT2D eigenvalue weighted by atomic mass is 10.2. The van der Waals surface area contributed by atoms with Crippen molar-refractivity contribution < 1.29 is 0 Å². The van der Waals surface area contributed by atoms with Gasteiger partial charge in [0.1, 0.15) is 0 Å². The van der Waals surface area contributed by atoms with Gasteiger partial charge in [-0.15, -0.1) is 11.3 Å². The first-order valence-electron chi connectivity index (χ1n) is 4.00. The Labute approximate surface area is 76.1 Å². The van der Waals surface area contributed by atoms with Crippen LogP contribution in [0.25, 0.3) is 10.2 Å². The summed E-state index contributed by atoms with van der Waals surface area (Å²) >= 11 is 1.77. The molecular weight excluding hydrogens is 166 g/mol. The van der Waals surface area contributed by atoms with Crippen molar-refractivity contribution >= 4 is 21.6 Å². The van der Waals surface area contributed by atoms with Crippen molar-refractivity contribution in [1.82, 2.24) is 4.98 Å². The van der Waals surface area contributed by atoms with E-state index in [2.05, 4.69) is 37.2 Å². The van der Waals surface area contributed by atoms with Gasteiger partial charge in [-0.05, 0) is 43.3 Å². The van der Waals surface area contributed by atoms with E-state index in [1.54, 1.807) is 11.3 Å². The Kier molecular flexibility index (Phi) is 1.65. The summed E-state index contributed by atoms with van der Waals surface area (Å²) in [5.41, 5.74) is 4.88. The summed E-state index contributed by atoms with van der Waals surface area (Å²) in [6.45, 7) is 6.28. The van der Waals surface area contributed by atoms with E-state index in [4.69, 9.17) is 0 Å². The highest BCUT2D eigenvalue weighted by molar-refractivity contribution is 7.17. The molecule has 0 saturated heterocycles. The Balaban J connectivity index is 2.87. The van der Waals surface area contributed by atoms with Crippen molar-refractivity contribution in [1.29, 1.82) is 0 Å². The van der Waals surface area contributed by atoms with Crippen LogP contribution in [0.4, 0.5) is 0 Å². The normalized spacial score (nSPS) is 10.9. The highest BCUT2D eigenvalue weighted by Crippen LogP contribution is 2.25. The van der Waals surface area contributed by atoms with Gasteiger partial charge in [0.2, 0.25) is 0 Å². The quantitative estimate of drug-likeness (QED) is 0.602. The fourth-order valence-electron chi connectivity index (χ4n) is 1.26. The smallest absolute Gasteiger partial charge is 0.0842 e. The third-order valence-corrected chi connectivity index (χ3v) is 3.20. The van der Waals surface area contributed by atoms with E-state index in [1.165, 1.54) is 21.3 Å². The van der Waals surface area contributed by atoms with E-state index in [0.29, 0.717) is 0 Å². The summed E-state index contributed by atoms with van der Waals surface area (Å²) < 4.78 is 1.30. The first-order valence-corrected chi connectivity index (χ1v) is 4.88. The molecule has 0 saturated carbocycles. The summed E-state index contributed by atoms with van der Waals surface area (Å²) in [7, 11) is 0. The van der Waals surface area contributed by atoms with Crippen molar-refractivity contribution in [3.63, 3.8) is 0 Å². The molecular formula is C10H11NS. The van der Waals surface area contributed by atoms with E-state index in [1.807, 2.05) is 0 Å². The molecule has 0 radical (unpaired) electrons. The van der Waals surface area contributed by atoms with Crippen LogP contribution in [0.5, 0.6) is 0 Å². The largest absolute Gasteiger partial charge is 0.252 e. The maximum atomic E-state index is 4.55. The van der Waals surface area contributed by atoms with Crippen LogP contribution >= 0.6 is 11.3 Å². The van der Waals surface area contributed by atoms with Crippen LogP contribution in [-0.2, 0) is 0 Å². The number of nitrogens with zero attached hydrogens (tertiary/aromatic N) is 1. The van der Waals surface area contributed by atoms with Crippen molar-refractivity contribution in [3.8, 4) is 0 Å². The van der Waals surface area contributed by atoms with E-state index in [0.717, 1.165) is 5.69 Å². The minimum atomic E-state index is 1.14. The lowest BCUT2D eigenvalue weighted by molar-refractivity contribution is 1.19. The van der Waals surface area contributed by atoms with Gasteiger partial charge in [-0.1, -0.05) is 0 Å². The first-order chi connectivity index (χ1) is 5.68. The number of aryl methyl sites for hydroxylation is 3. The number of fused-ring (bicyclic) bond motifs is 1. The van der Waals surface area contributed by atoms with Crippen LogP contribution < -0.4 is 0 Å². The zero-order valence-corrected chi connectivity index (χ0v) is 8.33. The van der Waals surface area contributed by atoms with Crippen LogP contribution in [0.1, 0.15) is 16.8 Å². The van der Waals surface area contributed by atoms with E-state index >= 15 is 0 Å². The standard InChI is InChI=1S/C10H11NS/c1-6-4-9-10(11-8(6)3)7(2)5-12-9/h4-5H,1-3H3. The molecule has 0 unspecified atom stereocenters. The molecule has 0 bridgehead atoms. The molecule has 0 aromatic carbocycles. The molecule has 2 aromatic rings. The van der Waals surface area contributed by atoms with Gasteiger partial charge in [0, 0.05) is 5.69 Å². The molecule has 2 heterocycles. The molecule has 12 heavy (non-hydrogen) atoms. The third-order valence-electron chi connectivity index (χ3n) is 2.17. The first kappa shape index (κ1) is 7.74. The van der Waals surface area contributed by atoms with Crippen molar-refractivity contribution in [2.75, 3.05) is 0 Å². The van der Waals surface area contributed by atoms with Crippen LogP contribution in [-0.4, -0.2) is 4.98 Å². The Bertz CT molecular complexity index is 429. The monoisotopic (exact) mass is 177 g/mol. The van der Waals surface area contributed by atoms with Gasteiger partial charge in [0.25, 0.3) is 0 Å². The molecule has 2 aromatic heterocycles. The minimum Gasteiger partial charge on any atom is -0.252 e. The fourth-order valence-corrected chi connectivity index (χ4v) is 2.24. The Morgan fingerprint density at radius 2 is 1.92 bits per heavy atom. The topological polar surface area (TPSA) is 12.9 Å². The Hall–Kier alpha value is -0.890. The van der Waals surface area contributed by atoms with Crippen molar-refractivity contribution in [2.45, 2.75) is 20.8 Å². The lowest BCUT2D eigenvalue weighted by Gasteiger charge is -1.98. The van der Waals surface area contributed by atoms with Gasteiger partial charge in [-0.3, -0.25) is 4.98 Å². The number of thiophene rings is 1. The summed E-state index contributed by atoms with van der Waals surface area (Å²) in [6.07, 6.45) is 0. The van der Waals surface area contributed by atoms with Gasteiger partial charge in [0.15, 0.2) is 0 Å². The SMILES string of the molecule is Cc1cc2scc(C)c2nc1C.